The van der Waals surface area contributed by atoms with Crippen LogP contribution in [0.1, 0.15) is 16.8 Å². The van der Waals surface area contributed by atoms with E-state index in [1.807, 2.05) is 0 Å². The number of hydrogen-bond acceptors (Lipinski definition) is 2. The smallest absolute Gasteiger partial charge is 0.354 e. The standard InChI is InChI=1S/C7H6F4N2O2/c8-3-7(10,11)6(9)13-4(5(14)15)1-2-12-13/h1-2,6H,3H2,(H,14,15). The number of rotatable bonds is 4. The third kappa shape index (κ3) is 2.08. The molecular formula is C7H6F4N2O2. The second kappa shape index (κ2) is 3.87. The summed E-state index contributed by atoms with van der Waals surface area (Å²) < 4.78 is 49.8. The number of hydrogen-bond donors (Lipinski definition) is 1. The van der Waals surface area contributed by atoms with E-state index in [-0.39, 0.29) is 4.68 Å². The van der Waals surface area contributed by atoms with Crippen LogP contribution in [-0.4, -0.2) is 33.5 Å². The number of aromatic carboxylic acids is 1. The molecule has 0 aliphatic carbocycles. The van der Waals surface area contributed by atoms with Crippen LogP contribution in [0.15, 0.2) is 12.3 Å². The Bertz CT molecular complexity index is 366. The Balaban J connectivity index is 3.06. The van der Waals surface area contributed by atoms with Crippen molar-refractivity contribution in [3.8, 4) is 0 Å². The van der Waals surface area contributed by atoms with Gasteiger partial charge in [0.2, 0.25) is 0 Å². The molecule has 0 bridgehead atoms. The molecule has 0 amide bonds. The van der Waals surface area contributed by atoms with E-state index in [1.165, 1.54) is 0 Å². The van der Waals surface area contributed by atoms with Gasteiger partial charge in [-0.2, -0.15) is 13.9 Å². The molecule has 1 N–H and O–H groups in total. The van der Waals surface area contributed by atoms with Crippen LogP contribution in [-0.2, 0) is 0 Å². The van der Waals surface area contributed by atoms with Gasteiger partial charge >= 0.3 is 11.9 Å². The molecule has 1 unspecified atom stereocenters. The molecule has 15 heavy (non-hydrogen) atoms. The summed E-state index contributed by atoms with van der Waals surface area (Å²) in [5.41, 5.74) is -0.768. The maximum Gasteiger partial charge on any atom is 0.354 e. The highest BCUT2D eigenvalue weighted by atomic mass is 19.3. The summed E-state index contributed by atoms with van der Waals surface area (Å²) in [5.74, 6) is -5.92. The van der Waals surface area contributed by atoms with Crippen LogP contribution in [0.4, 0.5) is 17.6 Å². The summed E-state index contributed by atoms with van der Waals surface area (Å²) in [6.45, 7) is -2.23. The lowest BCUT2D eigenvalue weighted by Crippen LogP contribution is -2.32. The zero-order valence-corrected chi connectivity index (χ0v) is 7.20. The molecule has 0 aliphatic heterocycles. The molecule has 1 heterocycles. The third-order valence-corrected chi connectivity index (χ3v) is 1.63. The fourth-order valence-corrected chi connectivity index (χ4v) is 0.907. The molecule has 84 valence electrons. The second-order valence-electron chi connectivity index (χ2n) is 2.70. The summed E-state index contributed by atoms with van der Waals surface area (Å²) in [6, 6.07) is 0.837. The van der Waals surface area contributed by atoms with Crippen molar-refractivity contribution in [2.24, 2.45) is 0 Å². The van der Waals surface area contributed by atoms with E-state index in [4.69, 9.17) is 5.11 Å². The Labute approximate surface area is 81.1 Å². The Morgan fingerprint density at radius 3 is 2.73 bits per heavy atom. The number of alkyl halides is 4. The van der Waals surface area contributed by atoms with Gasteiger partial charge in [0, 0.05) is 6.20 Å². The number of nitrogens with zero attached hydrogens (tertiary/aromatic N) is 2. The number of halogens is 4. The van der Waals surface area contributed by atoms with Gasteiger partial charge in [-0.3, -0.25) is 0 Å². The van der Waals surface area contributed by atoms with Crippen LogP contribution in [0.3, 0.4) is 0 Å². The largest absolute Gasteiger partial charge is 0.477 e. The number of aromatic nitrogens is 2. The lowest BCUT2D eigenvalue weighted by atomic mass is 10.3. The van der Waals surface area contributed by atoms with E-state index in [0.29, 0.717) is 0 Å². The van der Waals surface area contributed by atoms with E-state index in [0.717, 1.165) is 12.3 Å². The summed E-state index contributed by atoms with van der Waals surface area (Å²) in [7, 11) is 0. The predicted octanol–water partition coefficient (Wildman–Crippen LogP) is 1.65. The van der Waals surface area contributed by atoms with E-state index in [1.54, 1.807) is 0 Å². The van der Waals surface area contributed by atoms with Crippen molar-refractivity contribution in [2.75, 3.05) is 6.67 Å². The molecular weight excluding hydrogens is 220 g/mol. The van der Waals surface area contributed by atoms with Gasteiger partial charge in [-0.15, -0.1) is 0 Å². The third-order valence-electron chi connectivity index (χ3n) is 1.63. The topological polar surface area (TPSA) is 55.1 Å². The maximum atomic E-state index is 13.0. The van der Waals surface area contributed by atoms with Gasteiger partial charge < -0.3 is 5.11 Å². The van der Waals surface area contributed by atoms with Crippen LogP contribution in [0, 0.1) is 0 Å². The van der Waals surface area contributed by atoms with Gasteiger partial charge in [-0.05, 0) is 6.07 Å². The van der Waals surface area contributed by atoms with Crippen molar-refractivity contribution in [3.05, 3.63) is 18.0 Å². The number of carbonyl (C=O) groups is 1. The first kappa shape index (κ1) is 11.5. The lowest BCUT2D eigenvalue weighted by molar-refractivity contribution is -0.123. The summed E-state index contributed by atoms with van der Waals surface area (Å²) in [4.78, 5) is 10.4. The van der Waals surface area contributed by atoms with E-state index in [2.05, 4.69) is 5.10 Å². The van der Waals surface area contributed by atoms with Crippen LogP contribution >= 0.6 is 0 Å². The predicted molar refractivity (Wildman–Crippen MR) is 40.3 cm³/mol. The molecule has 1 rings (SSSR count). The van der Waals surface area contributed by atoms with Crippen LogP contribution in [0.5, 0.6) is 0 Å². The average molecular weight is 226 g/mol. The van der Waals surface area contributed by atoms with Gasteiger partial charge in [0.15, 0.2) is 6.67 Å². The minimum absolute atomic E-state index is 0.0675. The summed E-state index contributed by atoms with van der Waals surface area (Å²) >= 11 is 0. The monoisotopic (exact) mass is 226 g/mol. The highest BCUT2D eigenvalue weighted by molar-refractivity contribution is 5.85. The van der Waals surface area contributed by atoms with Crippen LogP contribution in [0.2, 0.25) is 0 Å². The highest BCUT2D eigenvalue weighted by Crippen LogP contribution is 2.31. The molecule has 0 radical (unpaired) electrons. The molecule has 1 atom stereocenters. The van der Waals surface area contributed by atoms with E-state index < -0.39 is 30.6 Å². The number of carboxylic acid groups (broad SMARTS) is 1. The van der Waals surface area contributed by atoms with Gasteiger partial charge in [-0.25, -0.2) is 18.3 Å². The van der Waals surface area contributed by atoms with Crippen molar-refractivity contribution >= 4 is 5.97 Å². The first-order valence-electron chi connectivity index (χ1n) is 3.75. The van der Waals surface area contributed by atoms with Gasteiger partial charge in [0.1, 0.15) is 5.69 Å². The van der Waals surface area contributed by atoms with Crippen molar-refractivity contribution in [1.29, 1.82) is 0 Å². The Morgan fingerprint density at radius 2 is 2.27 bits per heavy atom. The van der Waals surface area contributed by atoms with Crippen molar-refractivity contribution in [2.45, 2.75) is 12.2 Å². The summed E-state index contributed by atoms with van der Waals surface area (Å²) in [6.07, 6.45) is -2.30. The highest BCUT2D eigenvalue weighted by Gasteiger charge is 2.43. The fraction of sp³-hybridized carbons (Fsp3) is 0.429. The molecule has 1 aromatic heterocycles. The zero-order chi connectivity index (χ0) is 11.6. The molecule has 0 spiro atoms. The average Bonchev–Trinajstić information content (AvgIpc) is 2.64. The van der Waals surface area contributed by atoms with Gasteiger partial charge in [0.05, 0.1) is 0 Å². The number of carboxylic acids is 1. The molecule has 0 saturated heterocycles. The first-order valence-corrected chi connectivity index (χ1v) is 3.75. The van der Waals surface area contributed by atoms with Crippen LogP contribution in [0.25, 0.3) is 0 Å². The summed E-state index contributed by atoms with van der Waals surface area (Å²) in [5, 5.41) is 11.5. The Kier molecular flexibility index (Phi) is 2.96. The molecule has 0 saturated carbocycles. The van der Waals surface area contributed by atoms with Crippen molar-refractivity contribution in [3.63, 3.8) is 0 Å². The molecule has 1 aromatic rings. The van der Waals surface area contributed by atoms with Crippen molar-refractivity contribution in [1.82, 2.24) is 9.78 Å². The zero-order valence-electron chi connectivity index (χ0n) is 7.20. The van der Waals surface area contributed by atoms with Crippen molar-refractivity contribution < 1.29 is 27.5 Å². The molecule has 0 fully saturated rings. The Hall–Kier alpha value is -1.60. The fourth-order valence-electron chi connectivity index (χ4n) is 0.907. The minimum atomic E-state index is -4.30. The quantitative estimate of drug-likeness (QED) is 0.794. The minimum Gasteiger partial charge on any atom is -0.477 e. The molecule has 8 heteroatoms. The lowest BCUT2D eigenvalue weighted by Gasteiger charge is -2.18. The van der Waals surface area contributed by atoms with Crippen LogP contribution < -0.4 is 0 Å². The molecule has 4 nitrogen and oxygen atoms in total. The SMILES string of the molecule is O=C(O)c1ccnn1C(F)C(F)(F)CF. The Morgan fingerprint density at radius 1 is 1.67 bits per heavy atom. The van der Waals surface area contributed by atoms with E-state index >= 15 is 0 Å². The first-order chi connectivity index (χ1) is 6.90. The maximum absolute atomic E-state index is 13.0. The normalized spacial score (nSPS) is 13.9. The molecule has 0 aromatic carbocycles. The molecule has 0 aliphatic rings. The van der Waals surface area contributed by atoms with E-state index in [9.17, 15) is 22.4 Å². The van der Waals surface area contributed by atoms with Gasteiger partial charge in [0.25, 0.3) is 6.30 Å². The second-order valence-corrected chi connectivity index (χ2v) is 2.70. The van der Waals surface area contributed by atoms with Gasteiger partial charge in [-0.1, -0.05) is 0 Å².